The molecule has 0 atom stereocenters. The lowest BCUT2D eigenvalue weighted by molar-refractivity contribution is 0.0945. The lowest BCUT2D eigenvalue weighted by Crippen LogP contribution is -2.25. The van der Waals surface area contributed by atoms with Crippen molar-refractivity contribution in [1.82, 2.24) is 15.2 Å². The normalized spacial score (nSPS) is 11.3. The van der Waals surface area contributed by atoms with Crippen LogP contribution in [-0.2, 0) is 19.4 Å². The number of aromatic amines is 1. The van der Waals surface area contributed by atoms with E-state index in [-0.39, 0.29) is 12.5 Å². The molecule has 2 aromatic carbocycles. The predicted molar refractivity (Wildman–Crippen MR) is 109 cm³/mol. The number of amides is 1. The molecule has 0 saturated heterocycles. The van der Waals surface area contributed by atoms with Gasteiger partial charge >= 0.3 is 0 Å². The molecule has 0 aliphatic rings. The van der Waals surface area contributed by atoms with Crippen LogP contribution in [0.4, 0.5) is 0 Å². The quantitative estimate of drug-likeness (QED) is 0.575. The number of carbonyl (C=O) groups is 1. The molecule has 3 rings (SSSR count). The molecule has 27 heavy (non-hydrogen) atoms. The molecule has 0 radical (unpaired) electrons. The largest absolute Gasteiger partial charge is 0.396 e. The minimum Gasteiger partial charge on any atom is -0.396 e. The van der Waals surface area contributed by atoms with E-state index in [9.17, 15) is 9.90 Å². The molecule has 3 N–H and O–H groups in total. The van der Waals surface area contributed by atoms with Crippen molar-refractivity contribution in [1.29, 1.82) is 0 Å². The maximum absolute atomic E-state index is 12.9. The Morgan fingerprint density at radius 2 is 1.85 bits per heavy atom. The van der Waals surface area contributed by atoms with E-state index in [1.807, 2.05) is 56.6 Å². The lowest BCUT2D eigenvalue weighted by atomic mass is 10.0. The SMILES string of the molecule is CN(C)CCc1c(C(=O)NCc2ccccc2)[nH]c2ccc(CCO)cc12. The van der Waals surface area contributed by atoms with E-state index in [0.29, 0.717) is 18.7 Å². The van der Waals surface area contributed by atoms with Crippen molar-refractivity contribution in [2.24, 2.45) is 0 Å². The number of carbonyl (C=O) groups excluding carboxylic acids is 1. The highest BCUT2D eigenvalue weighted by molar-refractivity contribution is 6.01. The molecule has 0 bridgehead atoms. The minimum atomic E-state index is -0.0903. The van der Waals surface area contributed by atoms with Gasteiger partial charge in [0.15, 0.2) is 0 Å². The molecular formula is C22H27N3O2. The molecule has 1 aromatic heterocycles. The number of aromatic nitrogens is 1. The van der Waals surface area contributed by atoms with Crippen LogP contribution in [0.3, 0.4) is 0 Å². The third-order valence-corrected chi connectivity index (χ3v) is 4.70. The summed E-state index contributed by atoms with van der Waals surface area (Å²) >= 11 is 0. The van der Waals surface area contributed by atoms with Crippen LogP contribution in [0.25, 0.3) is 10.9 Å². The lowest BCUT2D eigenvalue weighted by Gasteiger charge is -2.11. The highest BCUT2D eigenvalue weighted by atomic mass is 16.3. The molecule has 142 valence electrons. The molecular weight excluding hydrogens is 338 g/mol. The molecule has 0 fully saturated rings. The number of hydrogen-bond acceptors (Lipinski definition) is 3. The van der Waals surface area contributed by atoms with Gasteiger partial charge in [-0.2, -0.15) is 0 Å². The van der Waals surface area contributed by atoms with Gasteiger partial charge in [0.05, 0.1) is 0 Å². The molecule has 1 amide bonds. The predicted octanol–water partition coefficient (Wildman–Crippen LogP) is 2.74. The van der Waals surface area contributed by atoms with Crippen LogP contribution in [-0.4, -0.2) is 48.1 Å². The summed E-state index contributed by atoms with van der Waals surface area (Å²) in [4.78, 5) is 18.3. The summed E-state index contributed by atoms with van der Waals surface area (Å²) in [7, 11) is 4.06. The maximum Gasteiger partial charge on any atom is 0.268 e. The number of aliphatic hydroxyl groups excluding tert-OH is 1. The molecule has 0 aliphatic heterocycles. The van der Waals surface area contributed by atoms with E-state index in [1.54, 1.807) is 0 Å². The minimum absolute atomic E-state index is 0.0903. The average molecular weight is 365 g/mol. The Bertz CT molecular complexity index is 901. The fourth-order valence-corrected chi connectivity index (χ4v) is 3.23. The molecule has 1 heterocycles. The Hall–Kier alpha value is -2.63. The Labute approximate surface area is 160 Å². The molecule has 0 unspecified atom stereocenters. The zero-order valence-electron chi connectivity index (χ0n) is 16.0. The summed E-state index contributed by atoms with van der Waals surface area (Å²) < 4.78 is 0. The summed E-state index contributed by atoms with van der Waals surface area (Å²) in [6.07, 6.45) is 1.40. The van der Waals surface area contributed by atoms with Gasteiger partial charge in [0.2, 0.25) is 0 Å². The zero-order valence-corrected chi connectivity index (χ0v) is 16.0. The Morgan fingerprint density at radius 1 is 1.07 bits per heavy atom. The first-order valence-corrected chi connectivity index (χ1v) is 9.29. The smallest absolute Gasteiger partial charge is 0.268 e. The molecule has 0 aliphatic carbocycles. The number of benzene rings is 2. The monoisotopic (exact) mass is 365 g/mol. The van der Waals surface area contributed by atoms with Crippen LogP contribution in [0.5, 0.6) is 0 Å². The summed E-state index contributed by atoms with van der Waals surface area (Å²) in [5.74, 6) is -0.0903. The number of hydrogen-bond donors (Lipinski definition) is 3. The van der Waals surface area contributed by atoms with E-state index in [0.717, 1.165) is 40.6 Å². The van der Waals surface area contributed by atoms with Gasteiger partial charge < -0.3 is 20.3 Å². The van der Waals surface area contributed by atoms with Gasteiger partial charge in [-0.05, 0) is 55.8 Å². The molecule has 5 nitrogen and oxygen atoms in total. The average Bonchev–Trinajstić information content (AvgIpc) is 3.03. The second kappa shape index (κ2) is 8.84. The number of rotatable bonds is 8. The summed E-state index contributed by atoms with van der Waals surface area (Å²) in [6, 6.07) is 16.0. The van der Waals surface area contributed by atoms with E-state index in [2.05, 4.69) is 21.3 Å². The second-order valence-corrected chi connectivity index (χ2v) is 7.05. The van der Waals surface area contributed by atoms with E-state index in [4.69, 9.17) is 0 Å². The van der Waals surface area contributed by atoms with Crippen molar-refractivity contribution in [2.45, 2.75) is 19.4 Å². The highest BCUT2D eigenvalue weighted by Gasteiger charge is 2.18. The summed E-state index contributed by atoms with van der Waals surface area (Å²) in [5.41, 5.74) is 4.76. The van der Waals surface area contributed by atoms with Gasteiger partial charge in [-0.3, -0.25) is 4.79 Å². The number of H-pyrrole nitrogens is 1. The molecule has 3 aromatic rings. The highest BCUT2D eigenvalue weighted by Crippen LogP contribution is 2.25. The van der Waals surface area contributed by atoms with Crippen molar-refractivity contribution in [3.05, 3.63) is 70.9 Å². The second-order valence-electron chi connectivity index (χ2n) is 7.05. The van der Waals surface area contributed by atoms with Crippen molar-refractivity contribution >= 4 is 16.8 Å². The molecule has 5 heteroatoms. The van der Waals surface area contributed by atoms with Gasteiger partial charge in [-0.15, -0.1) is 0 Å². The first kappa shape index (κ1) is 19.1. The Morgan fingerprint density at radius 3 is 2.56 bits per heavy atom. The van der Waals surface area contributed by atoms with E-state index >= 15 is 0 Å². The third-order valence-electron chi connectivity index (χ3n) is 4.70. The number of nitrogens with one attached hydrogen (secondary N) is 2. The fraction of sp³-hybridized carbons (Fsp3) is 0.318. The van der Waals surface area contributed by atoms with Gasteiger partial charge in [0.1, 0.15) is 5.69 Å². The van der Waals surface area contributed by atoms with Crippen molar-refractivity contribution < 1.29 is 9.90 Å². The topological polar surface area (TPSA) is 68.4 Å². The number of aliphatic hydroxyl groups is 1. The Kier molecular flexibility index (Phi) is 6.27. The van der Waals surface area contributed by atoms with Gasteiger partial charge in [0.25, 0.3) is 5.91 Å². The van der Waals surface area contributed by atoms with Crippen LogP contribution >= 0.6 is 0 Å². The first-order valence-electron chi connectivity index (χ1n) is 9.29. The number of fused-ring (bicyclic) bond motifs is 1. The molecule has 0 spiro atoms. The number of likely N-dealkylation sites (N-methyl/N-ethyl adjacent to an activating group) is 1. The van der Waals surface area contributed by atoms with Crippen LogP contribution in [0, 0.1) is 0 Å². The van der Waals surface area contributed by atoms with Gasteiger partial charge in [0, 0.05) is 30.6 Å². The van der Waals surface area contributed by atoms with Crippen molar-refractivity contribution in [3.63, 3.8) is 0 Å². The van der Waals surface area contributed by atoms with E-state index in [1.165, 1.54) is 0 Å². The van der Waals surface area contributed by atoms with Crippen molar-refractivity contribution in [2.75, 3.05) is 27.2 Å². The summed E-state index contributed by atoms with van der Waals surface area (Å²) in [5, 5.41) is 13.3. The Balaban J connectivity index is 1.89. The summed E-state index contributed by atoms with van der Waals surface area (Å²) in [6.45, 7) is 1.47. The number of nitrogens with zero attached hydrogens (tertiary/aromatic N) is 1. The van der Waals surface area contributed by atoms with Crippen LogP contribution < -0.4 is 5.32 Å². The van der Waals surface area contributed by atoms with Crippen LogP contribution in [0.2, 0.25) is 0 Å². The van der Waals surface area contributed by atoms with Gasteiger partial charge in [-0.1, -0.05) is 36.4 Å². The van der Waals surface area contributed by atoms with Crippen LogP contribution in [0.1, 0.15) is 27.2 Å². The fourth-order valence-electron chi connectivity index (χ4n) is 3.23. The van der Waals surface area contributed by atoms with Gasteiger partial charge in [-0.25, -0.2) is 0 Å². The zero-order chi connectivity index (χ0) is 19.2. The van der Waals surface area contributed by atoms with E-state index < -0.39 is 0 Å². The third kappa shape index (κ3) is 4.76. The molecule has 0 saturated carbocycles. The maximum atomic E-state index is 12.9. The van der Waals surface area contributed by atoms with Crippen LogP contribution in [0.15, 0.2) is 48.5 Å². The first-order chi connectivity index (χ1) is 13.1. The van der Waals surface area contributed by atoms with Crippen molar-refractivity contribution in [3.8, 4) is 0 Å². The standard InChI is InChI=1S/C22H27N3O2/c1-25(2)12-10-18-19-14-16(11-13-26)8-9-20(19)24-21(18)22(27)23-15-17-6-4-3-5-7-17/h3-9,14,24,26H,10-13,15H2,1-2H3,(H,23,27).